The van der Waals surface area contributed by atoms with Crippen molar-refractivity contribution in [1.82, 2.24) is 4.90 Å². The van der Waals surface area contributed by atoms with Crippen LogP contribution in [-0.2, 0) is 4.79 Å². The number of benzene rings is 2. The van der Waals surface area contributed by atoms with Crippen LogP contribution in [0.2, 0.25) is 0 Å². The largest absolute Gasteiger partial charge is 0.504 e. The Labute approximate surface area is 189 Å². The maximum Gasteiger partial charge on any atom is 0.266 e. The lowest BCUT2D eigenvalue weighted by atomic mass is 10.1. The number of amides is 1. The lowest BCUT2D eigenvalue weighted by Crippen LogP contribution is -2.32. The van der Waals surface area contributed by atoms with Gasteiger partial charge in [-0.15, -0.1) is 0 Å². The van der Waals surface area contributed by atoms with Crippen LogP contribution in [0.4, 0.5) is 5.69 Å². The number of carbonyl (C=O) groups excluding carboxylic acids is 1. The van der Waals surface area contributed by atoms with E-state index in [1.54, 1.807) is 11.0 Å². The van der Waals surface area contributed by atoms with Crippen LogP contribution in [0.15, 0.2) is 46.3 Å². The Morgan fingerprint density at radius 2 is 1.97 bits per heavy atom. The van der Waals surface area contributed by atoms with Crippen LogP contribution in [0.5, 0.6) is 11.5 Å². The third-order valence-corrected chi connectivity index (χ3v) is 6.09. The van der Waals surface area contributed by atoms with Gasteiger partial charge in [-0.05, 0) is 83.1 Å². The highest BCUT2D eigenvalue weighted by molar-refractivity contribution is 14.1. The van der Waals surface area contributed by atoms with E-state index in [1.165, 1.54) is 24.4 Å². The first-order valence-corrected chi connectivity index (χ1v) is 11.1. The SMILES string of the molecule is COc1cc(/C=C2/SC(=Nc3ccc(C)cc3)N(CC(C)C)C2=O)cc(I)c1O. The summed E-state index contributed by atoms with van der Waals surface area (Å²) in [6.45, 7) is 6.79. The molecule has 2 aromatic carbocycles. The smallest absolute Gasteiger partial charge is 0.266 e. The van der Waals surface area contributed by atoms with Gasteiger partial charge < -0.3 is 9.84 Å². The van der Waals surface area contributed by atoms with Crippen molar-refractivity contribution in [2.45, 2.75) is 20.8 Å². The molecule has 1 heterocycles. The molecule has 1 N–H and O–H groups in total. The molecule has 152 valence electrons. The quantitative estimate of drug-likeness (QED) is 0.412. The van der Waals surface area contributed by atoms with Crippen LogP contribution >= 0.6 is 34.4 Å². The van der Waals surface area contributed by atoms with E-state index in [0.717, 1.165) is 11.3 Å². The summed E-state index contributed by atoms with van der Waals surface area (Å²) >= 11 is 3.42. The van der Waals surface area contributed by atoms with Gasteiger partial charge in [0.05, 0.1) is 21.3 Å². The third-order valence-electron chi connectivity index (χ3n) is 4.26. The number of halogens is 1. The number of amidine groups is 1. The van der Waals surface area contributed by atoms with Crippen LogP contribution in [0.1, 0.15) is 25.0 Å². The minimum atomic E-state index is -0.0587. The number of phenols is 1. The van der Waals surface area contributed by atoms with Crippen molar-refractivity contribution >= 4 is 57.2 Å². The van der Waals surface area contributed by atoms with Gasteiger partial charge in [-0.3, -0.25) is 9.69 Å². The molecule has 1 fully saturated rings. The molecule has 1 amide bonds. The summed E-state index contributed by atoms with van der Waals surface area (Å²) in [6, 6.07) is 11.5. The number of rotatable bonds is 5. The predicted molar refractivity (Wildman–Crippen MR) is 128 cm³/mol. The number of aromatic hydroxyl groups is 1. The second-order valence-electron chi connectivity index (χ2n) is 7.20. The molecular formula is C22H23IN2O3S. The van der Waals surface area contributed by atoms with Gasteiger partial charge >= 0.3 is 0 Å². The highest BCUT2D eigenvalue weighted by Gasteiger charge is 2.33. The number of hydrogen-bond donors (Lipinski definition) is 1. The summed E-state index contributed by atoms with van der Waals surface area (Å²) in [6.07, 6.45) is 1.82. The Morgan fingerprint density at radius 3 is 2.59 bits per heavy atom. The summed E-state index contributed by atoms with van der Waals surface area (Å²) in [7, 11) is 1.51. The molecule has 7 heteroatoms. The zero-order chi connectivity index (χ0) is 21.1. The Balaban J connectivity index is 1.99. The lowest BCUT2D eigenvalue weighted by Gasteiger charge is -2.17. The van der Waals surface area contributed by atoms with Crippen molar-refractivity contribution in [3.8, 4) is 11.5 Å². The monoisotopic (exact) mass is 522 g/mol. The summed E-state index contributed by atoms with van der Waals surface area (Å²) in [4.78, 5) is 20.1. The van der Waals surface area contributed by atoms with E-state index >= 15 is 0 Å². The van der Waals surface area contributed by atoms with Crippen molar-refractivity contribution in [2.75, 3.05) is 13.7 Å². The van der Waals surface area contributed by atoms with Crippen LogP contribution < -0.4 is 4.74 Å². The average molecular weight is 522 g/mol. The van der Waals surface area contributed by atoms with E-state index in [2.05, 4.69) is 13.8 Å². The third kappa shape index (κ3) is 5.14. The predicted octanol–water partition coefficient (Wildman–Crippen LogP) is 5.57. The highest BCUT2D eigenvalue weighted by atomic mass is 127. The van der Waals surface area contributed by atoms with Gasteiger partial charge in [0, 0.05) is 6.54 Å². The molecule has 3 rings (SSSR count). The molecule has 0 saturated carbocycles. The van der Waals surface area contributed by atoms with Gasteiger partial charge in [0.15, 0.2) is 16.7 Å². The molecule has 0 aromatic heterocycles. The molecular weight excluding hydrogens is 499 g/mol. The minimum absolute atomic E-state index is 0.0587. The first-order valence-electron chi connectivity index (χ1n) is 9.21. The van der Waals surface area contributed by atoms with Crippen molar-refractivity contribution in [3.63, 3.8) is 0 Å². The number of methoxy groups -OCH3 is 1. The van der Waals surface area contributed by atoms with Gasteiger partial charge in [0.1, 0.15) is 0 Å². The van der Waals surface area contributed by atoms with E-state index in [9.17, 15) is 9.90 Å². The van der Waals surface area contributed by atoms with Crippen molar-refractivity contribution < 1.29 is 14.6 Å². The van der Waals surface area contributed by atoms with Crippen LogP contribution in [0.3, 0.4) is 0 Å². The number of phenolic OH excluding ortho intramolecular Hbond substituents is 1. The fraction of sp³-hybridized carbons (Fsp3) is 0.273. The van der Waals surface area contributed by atoms with Gasteiger partial charge in [0.25, 0.3) is 5.91 Å². The second kappa shape index (κ2) is 9.21. The molecule has 0 spiro atoms. The number of nitrogens with zero attached hydrogens (tertiary/aromatic N) is 2. The summed E-state index contributed by atoms with van der Waals surface area (Å²) in [5.74, 6) is 0.740. The maximum atomic E-state index is 13.1. The molecule has 5 nitrogen and oxygen atoms in total. The topological polar surface area (TPSA) is 62.1 Å². The zero-order valence-corrected chi connectivity index (χ0v) is 19.7. The van der Waals surface area contributed by atoms with Gasteiger partial charge in [-0.1, -0.05) is 31.5 Å². The van der Waals surface area contributed by atoms with Gasteiger partial charge in [0.2, 0.25) is 0 Å². The van der Waals surface area contributed by atoms with Crippen molar-refractivity contribution in [3.05, 3.63) is 56.0 Å². The molecule has 0 atom stereocenters. The molecule has 0 aliphatic carbocycles. The first kappa shape index (κ1) is 21.7. The molecule has 2 aromatic rings. The Bertz CT molecular complexity index is 984. The van der Waals surface area contributed by atoms with E-state index in [-0.39, 0.29) is 11.7 Å². The number of ether oxygens (including phenoxy) is 1. The number of aryl methyl sites for hydroxylation is 1. The number of carbonyl (C=O) groups is 1. The Hall–Kier alpha value is -2.00. The second-order valence-corrected chi connectivity index (χ2v) is 9.38. The Morgan fingerprint density at radius 1 is 1.28 bits per heavy atom. The van der Waals surface area contributed by atoms with Crippen LogP contribution in [0.25, 0.3) is 6.08 Å². The molecule has 0 unspecified atom stereocenters. The molecule has 1 aliphatic rings. The minimum Gasteiger partial charge on any atom is -0.504 e. The number of thioether (sulfide) groups is 1. The number of hydrogen-bond acceptors (Lipinski definition) is 5. The van der Waals surface area contributed by atoms with Gasteiger partial charge in [-0.25, -0.2) is 4.99 Å². The van der Waals surface area contributed by atoms with E-state index in [0.29, 0.717) is 31.9 Å². The van der Waals surface area contributed by atoms with Crippen molar-refractivity contribution in [1.29, 1.82) is 0 Å². The molecule has 0 radical (unpaired) electrons. The maximum absolute atomic E-state index is 13.1. The molecule has 1 aliphatic heterocycles. The van der Waals surface area contributed by atoms with Crippen LogP contribution in [0, 0.1) is 16.4 Å². The standard InChI is InChI=1S/C22H23IN2O3S/c1-13(2)12-25-21(27)19(11-15-9-17(23)20(26)18(10-15)28-4)29-22(25)24-16-7-5-14(3)6-8-16/h5-11,13,26H,12H2,1-4H3/b19-11+,24-22?. The van der Waals surface area contributed by atoms with Crippen LogP contribution in [-0.4, -0.2) is 34.7 Å². The van der Waals surface area contributed by atoms with E-state index in [4.69, 9.17) is 9.73 Å². The van der Waals surface area contributed by atoms with E-state index in [1.807, 2.05) is 65.9 Å². The van der Waals surface area contributed by atoms with Gasteiger partial charge in [-0.2, -0.15) is 0 Å². The normalized spacial score (nSPS) is 17.0. The summed E-state index contributed by atoms with van der Waals surface area (Å²) in [5, 5.41) is 10.7. The first-order chi connectivity index (χ1) is 13.8. The average Bonchev–Trinajstić information content (AvgIpc) is 2.94. The summed E-state index contributed by atoms with van der Waals surface area (Å²) < 4.78 is 5.90. The summed E-state index contributed by atoms with van der Waals surface area (Å²) in [5.41, 5.74) is 2.78. The Kier molecular flexibility index (Phi) is 6.89. The fourth-order valence-electron chi connectivity index (χ4n) is 2.83. The number of aliphatic imine (C=N–C) groups is 1. The zero-order valence-electron chi connectivity index (χ0n) is 16.8. The molecule has 1 saturated heterocycles. The van der Waals surface area contributed by atoms with E-state index < -0.39 is 0 Å². The molecule has 0 bridgehead atoms. The fourth-order valence-corrected chi connectivity index (χ4v) is 4.46. The highest BCUT2D eigenvalue weighted by Crippen LogP contribution is 2.37. The lowest BCUT2D eigenvalue weighted by molar-refractivity contribution is -0.122. The van der Waals surface area contributed by atoms with Crippen molar-refractivity contribution in [2.24, 2.45) is 10.9 Å². The molecule has 29 heavy (non-hydrogen) atoms.